The molecule has 2 aliphatic carbocycles. The summed E-state index contributed by atoms with van der Waals surface area (Å²) in [6, 6.07) is -12.6. The van der Waals surface area contributed by atoms with E-state index in [0.717, 1.165) is 35.5 Å². The van der Waals surface area contributed by atoms with Gasteiger partial charge in [0.05, 0.1) is 18.9 Å². The molecule has 546 valence electrons. The van der Waals surface area contributed by atoms with Crippen LogP contribution in [0.15, 0.2) is 0 Å². The van der Waals surface area contributed by atoms with Gasteiger partial charge in [-0.2, -0.15) is 13.2 Å². The Balaban J connectivity index is 1.86. The summed E-state index contributed by atoms with van der Waals surface area (Å²) >= 11 is 6.33. The van der Waals surface area contributed by atoms with Gasteiger partial charge in [0.15, 0.2) is 0 Å². The van der Waals surface area contributed by atoms with E-state index in [1.54, 1.807) is 34.6 Å². The highest BCUT2D eigenvalue weighted by Gasteiger charge is 2.49. The molecule has 2 saturated carbocycles. The topological polar surface area (TPSA) is 279 Å². The fourth-order valence-electron chi connectivity index (χ4n) is 13.6. The monoisotopic (exact) mass is 1380 g/mol. The Morgan fingerprint density at radius 3 is 1.70 bits per heavy atom. The molecule has 2 aliphatic heterocycles. The van der Waals surface area contributed by atoms with Crippen LogP contribution < -0.4 is 21.3 Å². The molecule has 0 bridgehead atoms. The number of carbonyl (C=O) groups is 12. The lowest BCUT2D eigenvalue weighted by Crippen LogP contribution is -2.65. The Morgan fingerprint density at radius 2 is 1.18 bits per heavy atom. The molecule has 96 heavy (non-hydrogen) atoms. The molecule has 12 amide bonds. The van der Waals surface area contributed by atoms with E-state index in [1.165, 1.54) is 99.6 Å². The molecule has 28 heteroatoms. The van der Waals surface area contributed by atoms with Crippen molar-refractivity contribution >= 4 is 82.5 Å². The molecule has 2 saturated heterocycles. The summed E-state index contributed by atoms with van der Waals surface area (Å²) in [5.74, 6) is -11.9. The van der Waals surface area contributed by atoms with E-state index in [4.69, 9.17) is 11.6 Å². The van der Waals surface area contributed by atoms with Gasteiger partial charge in [0, 0.05) is 68.3 Å². The SMILES string of the molecule is CC[C@H](C)[C@@H]1NC(=O)[C@H](CC(C)C)N(C)C(=O)C[C@@H](C(=O)N(C)C)N(C)C(=O)[C@H]([C@@H](C)CC)N(C)C(=O)[C@H](C(C)C)NC(=O)[C@@H](C)NC(=O)[C@H](CCC2CCC(C(F)(F)F)C(Cl)C2)NC(=O)CN(C)C(=O)[C@H](CC2CCC(C)CC2)N(C)C(=O)[C@@H]2CCN2C(=O)[C@H](C)N(C)C1=O. The summed E-state index contributed by atoms with van der Waals surface area (Å²) in [5, 5.41) is 9.72. The fourth-order valence-corrected chi connectivity index (χ4v) is 14.1. The smallest absolute Gasteiger partial charge is 0.347 e. The van der Waals surface area contributed by atoms with Crippen LogP contribution in [-0.2, 0) is 57.5 Å². The van der Waals surface area contributed by atoms with Crippen molar-refractivity contribution in [1.82, 2.24) is 60.5 Å². The van der Waals surface area contributed by atoms with Crippen molar-refractivity contribution in [1.29, 1.82) is 0 Å². The molecule has 0 radical (unpaired) electrons. The van der Waals surface area contributed by atoms with Crippen LogP contribution >= 0.6 is 11.6 Å². The third-order valence-electron chi connectivity index (χ3n) is 21.0. The molecular formula is C68H114ClF3N12O12. The van der Waals surface area contributed by atoms with E-state index in [2.05, 4.69) is 28.2 Å². The molecule has 4 aliphatic rings. The van der Waals surface area contributed by atoms with E-state index in [1.807, 2.05) is 20.8 Å². The lowest BCUT2D eigenvalue weighted by atomic mass is 9.79. The van der Waals surface area contributed by atoms with Gasteiger partial charge < -0.3 is 60.5 Å². The van der Waals surface area contributed by atoms with Gasteiger partial charge in [-0.05, 0) is 107 Å². The molecule has 0 aromatic heterocycles. The van der Waals surface area contributed by atoms with Crippen LogP contribution in [0, 0.1) is 47.3 Å². The quantitative estimate of drug-likeness (QED) is 0.177. The minimum absolute atomic E-state index is 0.0117. The number of alkyl halides is 4. The summed E-state index contributed by atoms with van der Waals surface area (Å²) in [7, 11) is 11.3. The van der Waals surface area contributed by atoms with Crippen molar-refractivity contribution in [2.75, 3.05) is 69.5 Å². The summed E-state index contributed by atoms with van der Waals surface area (Å²) in [6.45, 7) is 18.7. The lowest BCUT2D eigenvalue weighted by molar-refractivity contribution is -0.182. The second-order valence-corrected chi connectivity index (χ2v) is 29.7. The van der Waals surface area contributed by atoms with E-state index in [-0.39, 0.29) is 75.7 Å². The predicted octanol–water partition coefficient (Wildman–Crippen LogP) is 5.03. The Hall–Kier alpha value is -6.28. The second-order valence-electron chi connectivity index (χ2n) is 29.2. The molecule has 4 N–H and O–H groups in total. The number of likely N-dealkylation sites (N-methyl/N-ethyl adjacent to an activating group) is 7. The van der Waals surface area contributed by atoms with Crippen LogP contribution in [0.4, 0.5) is 13.2 Å². The second kappa shape index (κ2) is 36.0. The Morgan fingerprint density at radius 1 is 0.604 bits per heavy atom. The Labute approximate surface area is 572 Å². The fraction of sp³-hybridized carbons (Fsp3) is 0.824. The lowest BCUT2D eigenvalue weighted by Gasteiger charge is -2.45. The zero-order valence-electron chi connectivity index (χ0n) is 60.5. The first-order valence-electron chi connectivity index (χ1n) is 34.6. The first kappa shape index (κ1) is 82.1. The molecule has 0 aromatic carbocycles. The van der Waals surface area contributed by atoms with E-state index >= 15 is 4.79 Å². The highest BCUT2D eigenvalue weighted by Crippen LogP contribution is 2.44. The first-order valence-corrected chi connectivity index (χ1v) is 35.0. The first-order chi connectivity index (χ1) is 44.6. The molecule has 0 aromatic rings. The van der Waals surface area contributed by atoms with Gasteiger partial charge in [0.1, 0.15) is 60.4 Å². The third kappa shape index (κ3) is 21.1. The molecule has 4 fully saturated rings. The summed E-state index contributed by atoms with van der Waals surface area (Å²) in [6.07, 6.45) is -0.623. The van der Waals surface area contributed by atoms with Gasteiger partial charge in [-0.3, -0.25) is 57.5 Å². The van der Waals surface area contributed by atoms with Crippen molar-refractivity contribution in [3.8, 4) is 0 Å². The zero-order chi connectivity index (χ0) is 72.9. The number of fused-ring (bicyclic) bond motifs is 1. The van der Waals surface area contributed by atoms with Crippen LogP contribution in [0.1, 0.15) is 172 Å². The largest absolute Gasteiger partial charge is 0.393 e. The van der Waals surface area contributed by atoms with Gasteiger partial charge in [-0.1, -0.05) is 101 Å². The van der Waals surface area contributed by atoms with Gasteiger partial charge in [0.25, 0.3) is 0 Å². The van der Waals surface area contributed by atoms with Crippen LogP contribution in [0.5, 0.6) is 0 Å². The van der Waals surface area contributed by atoms with Crippen molar-refractivity contribution in [3.63, 3.8) is 0 Å². The minimum atomic E-state index is -4.52. The summed E-state index contributed by atoms with van der Waals surface area (Å²) in [4.78, 5) is 186. The number of halogens is 4. The molecule has 24 nitrogen and oxygen atoms in total. The van der Waals surface area contributed by atoms with Crippen molar-refractivity contribution in [2.45, 2.75) is 244 Å². The molecular weight excluding hydrogens is 1270 g/mol. The van der Waals surface area contributed by atoms with Crippen LogP contribution in [0.2, 0.25) is 0 Å². The molecule has 0 spiro atoms. The molecule has 2 heterocycles. The average molecular weight is 1380 g/mol. The zero-order valence-corrected chi connectivity index (χ0v) is 61.2. The van der Waals surface area contributed by atoms with Crippen molar-refractivity contribution in [3.05, 3.63) is 0 Å². The van der Waals surface area contributed by atoms with Gasteiger partial charge >= 0.3 is 6.18 Å². The van der Waals surface area contributed by atoms with E-state index < -0.39 is 179 Å². The highest BCUT2D eigenvalue weighted by atomic mass is 35.5. The minimum Gasteiger partial charge on any atom is -0.347 e. The number of rotatable bonds is 13. The van der Waals surface area contributed by atoms with Crippen LogP contribution in [0.3, 0.4) is 0 Å². The predicted molar refractivity (Wildman–Crippen MR) is 358 cm³/mol. The Kier molecular flexibility index (Phi) is 30.8. The van der Waals surface area contributed by atoms with Gasteiger partial charge in [0.2, 0.25) is 70.9 Å². The number of nitrogens with one attached hydrogen (secondary N) is 4. The molecule has 4 rings (SSSR count). The standard InChI is InChI=1S/C68H114ClF3N12O12/c1-20-40(8)56-66(95)79(15)43(11)61(90)84-31-30-49(84)64(93)81(17)51(34-45-24-22-39(7)23-25-45)63(92)78(14)36-53(85)74-48(29-27-44-26-28-46(47(69)33-44)68(70,71)72)59(88)73-42(10)58(87)75-55(38(5)6)65(94)83(19)57(41(9)21-2)67(96)82(18)52(62(91)77(12)13)35-54(86)80(16)50(32-37(3)4)60(89)76-56/h37-52,55-57H,20-36H2,1-19H3,(H,73,88)(H,74,85)(H,75,87)(H,76,89)/t39?,40-,41-,42+,43-,44?,45?,46?,47?,48-,49-,50-,51-,52-,55-,56-,57-/m0/s1. The van der Waals surface area contributed by atoms with Crippen LogP contribution in [0.25, 0.3) is 0 Å². The number of carbonyl (C=O) groups excluding carboxylic acids is 12. The number of hydrogen-bond donors (Lipinski definition) is 4. The number of hydrogen-bond acceptors (Lipinski definition) is 12. The maximum Gasteiger partial charge on any atom is 0.393 e. The number of amides is 12. The Bertz CT molecular complexity index is 2750. The third-order valence-corrected chi connectivity index (χ3v) is 21.4. The van der Waals surface area contributed by atoms with E-state index in [9.17, 15) is 65.9 Å². The summed E-state index contributed by atoms with van der Waals surface area (Å²) < 4.78 is 41.7. The van der Waals surface area contributed by atoms with Gasteiger partial charge in [-0.25, -0.2) is 0 Å². The average Bonchev–Trinajstić information content (AvgIpc) is 0.797. The van der Waals surface area contributed by atoms with Gasteiger partial charge in [-0.15, -0.1) is 11.6 Å². The summed E-state index contributed by atoms with van der Waals surface area (Å²) in [5.41, 5.74) is 0. The maximum absolute atomic E-state index is 15.1. The highest BCUT2D eigenvalue weighted by molar-refractivity contribution is 6.20. The van der Waals surface area contributed by atoms with Crippen molar-refractivity contribution < 1.29 is 70.7 Å². The normalized spacial score (nSPS) is 31.3. The molecule has 3 unspecified atom stereocenters. The van der Waals surface area contributed by atoms with E-state index in [0.29, 0.717) is 18.8 Å². The number of nitrogens with zero attached hydrogens (tertiary/aromatic N) is 8. The maximum atomic E-state index is 15.1. The van der Waals surface area contributed by atoms with Crippen LogP contribution in [-0.4, -0.2) is 252 Å². The molecule has 15 atom stereocenters. The van der Waals surface area contributed by atoms with Crippen molar-refractivity contribution in [2.24, 2.45) is 47.3 Å².